The fraction of sp³-hybridized carbons (Fsp3) is 0.350. The summed E-state index contributed by atoms with van der Waals surface area (Å²) < 4.78 is 0.595. The molecule has 1 aliphatic rings. The Balaban J connectivity index is 1.41. The van der Waals surface area contributed by atoms with E-state index in [0.29, 0.717) is 27.3 Å². The number of nitrogens with zero attached hydrogens (tertiary/aromatic N) is 3. The van der Waals surface area contributed by atoms with Gasteiger partial charge in [-0.05, 0) is 38.3 Å². The normalized spacial score (nSPS) is 15.4. The van der Waals surface area contributed by atoms with Crippen molar-refractivity contribution in [1.82, 2.24) is 15.1 Å². The van der Waals surface area contributed by atoms with Crippen molar-refractivity contribution >= 4 is 62.7 Å². The molecule has 2 heterocycles. The highest BCUT2D eigenvalue weighted by Gasteiger charge is 2.31. The van der Waals surface area contributed by atoms with Crippen molar-refractivity contribution in [2.75, 3.05) is 11.9 Å². The van der Waals surface area contributed by atoms with Crippen molar-refractivity contribution in [2.24, 2.45) is 0 Å². The summed E-state index contributed by atoms with van der Waals surface area (Å²) in [7, 11) is 0. The lowest BCUT2D eigenvalue weighted by atomic mass is 10.1. The molecule has 0 aliphatic carbocycles. The van der Waals surface area contributed by atoms with E-state index >= 15 is 0 Å². The van der Waals surface area contributed by atoms with E-state index in [2.05, 4.69) is 15.5 Å². The van der Waals surface area contributed by atoms with Gasteiger partial charge >= 0.3 is 0 Å². The molecule has 1 fully saturated rings. The van der Waals surface area contributed by atoms with Gasteiger partial charge in [-0.1, -0.05) is 71.6 Å². The van der Waals surface area contributed by atoms with Crippen LogP contribution in [0.2, 0.25) is 0 Å². The van der Waals surface area contributed by atoms with Crippen molar-refractivity contribution in [2.45, 2.75) is 39.5 Å². The Hall–Kier alpha value is -2.10. The second kappa shape index (κ2) is 10.1. The fourth-order valence-corrected chi connectivity index (χ4v) is 4.68. The summed E-state index contributed by atoms with van der Waals surface area (Å²) in [4.78, 5) is 26.9. The number of aromatic nitrogens is 2. The molecule has 0 spiro atoms. The highest BCUT2D eigenvalue weighted by atomic mass is 32.2. The van der Waals surface area contributed by atoms with Crippen LogP contribution in [0.5, 0.6) is 0 Å². The van der Waals surface area contributed by atoms with Crippen molar-refractivity contribution in [3.8, 4) is 0 Å². The zero-order valence-electron chi connectivity index (χ0n) is 16.3. The minimum absolute atomic E-state index is 0.0371. The van der Waals surface area contributed by atoms with E-state index in [4.69, 9.17) is 12.2 Å². The topological polar surface area (TPSA) is 75.2 Å². The van der Waals surface area contributed by atoms with Gasteiger partial charge in [-0.2, -0.15) is 0 Å². The summed E-state index contributed by atoms with van der Waals surface area (Å²) in [6.07, 6.45) is 4.70. The summed E-state index contributed by atoms with van der Waals surface area (Å²) >= 11 is 8.08. The van der Waals surface area contributed by atoms with Crippen LogP contribution < -0.4 is 5.32 Å². The van der Waals surface area contributed by atoms with Crippen molar-refractivity contribution in [1.29, 1.82) is 0 Å². The van der Waals surface area contributed by atoms with Gasteiger partial charge in [0.15, 0.2) is 0 Å². The Labute approximate surface area is 183 Å². The van der Waals surface area contributed by atoms with Gasteiger partial charge < -0.3 is 5.32 Å². The molecule has 0 atom stereocenters. The maximum absolute atomic E-state index is 12.6. The summed E-state index contributed by atoms with van der Waals surface area (Å²) in [5.74, 6) is -0.0993. The first-order chi connectivity index (χ1) is 13.9. The quantitative estimate of drug-likeness (QED) is 0.364. The van der Waals surface area contributed by atoms with E-state index in [-0.39, 0.29) is 11.8 Å². The Kier molecular flexibility index (Phi) is 7.51. The number of nitrogens with one attached hydrogen (secondary N) is 1. The lowest BCUT2D eigenvalue weighted by Crippen LogP contribution is -2.29. The molecule has 3 rings (SSSR count). The second-order valence-electron chi connectivity index (χ2n) is 6.73. The lowest BCUT2D eigenvalue weighted by Gasteiger charge is -2.13. The molecule has 2 aromatic rings. The van der Waals surface area contributed by atoms with Gasteiger partial charge in [-0.3, -0.25) is 14.5 Å². The van der Waals surface area contributed by atoms with Crippen molar-refractivity contribution < 1.29 is 9.59 Å². The average molecular weight is 447 g/mol. The van der Waals surface area contributed by atoms with E-state index < -0.39 is 0 Å². The maximum atomic E-state index is 12.6. The molecule has 0 radical (unpaired) electrons. The van der Waals surface area contributed by atoms with Crippen LogP contribution >= 0.6 is 35.3 Å². The number of thioether (sulfide) groups is 1. The molecule has 6 nitrogen and oxygen atoms in total. The number of unbranched alkanes of at least 4 members (excludes halogenated alkanes) is 2. The van der Waals surface area contributed by atoms with E-state index in [0.717, 1.165) is 29.8 Å². The molecule has 0 saturated carbocycles. The van der Waals surface area contributed by atoms with Gasteiger partial charge in [-0.25, -0.2) is 0 Å². The molecule has 152 valence electrons. The van der Waals surface area contributed by atoms with Crippen molar-refractivity contribution in [3.05, 3.63) is 45.3 Å². The van der Waals surface area contributed by atoms with E-state index in [1.807, 2.05) is 44.2 Å². The van der Waals surface area contributed by atoms with Crippen molar-refractivity contribution in [3.63, 3.8) is 0 Å². The SMILES string of the molecule is Cc1ccc(/C=C2\SC(=S)N(CCCCCC(=O)Nc3nnc(C)s3)C2=O)cc1. The average Bonchev–Trinajstić information content (AvgIpc) is 3.20. The number of hydrogen-bond donors (Lipinski definition) is 1. The number of amides is 2. The third kappa shape index (κ3) is 6.19. The third-order valence-electron chi connectivity index (χ3n) is 4.31. The largest absolute Gasteiger partial charge is 0.301 e. The number of carbonyl (C=O) groups excluding carboxylic acids is 2. The van der Waals surface area contributed by atoms with Crippen LogP contribution in [0, 0.1) is 13.8 Å². The fourth-order valence-electron chi connectivity index (χ4n) is 2.77. The molecule has 1 N–H and O–H groups in total. The van der Waals surface area contributed by atoms with Crippen LogP contribution in [0.15, 0.2) is 29.2 Å². The minimum Gasteiger partial charge on any atom is -0.301 e. The van der Waals surface area contributed by atoms with Gasteiger partial charge in [0.05, 0.1) is 4.91 Å². The molecule has 1 aliphatic heterocycles. The predicted molar refractivity (Wildman–Crippen MR) is 123 cm³/mol. The first-order valence-corrected chi connectivity index (χ1v) is 11.4. The van der Waals surface area contributed by atoms with Gasteiger partial charge in [0.2, 0.25) is 11.0 Å². The highest BCUT2D eigenvalue weighted by molar-refractivity contribution is 8.26. The van der Waals surface area contributed by atoms with Crippen LogP contribution in [0.25, 0.3) is 6.08 Å². The van der Waals surface area contributed by atoms with E-state index in [1.54, 1.807) is 4.90 Å². The molecule has 1 aromatic heterocycles. The van der Waals surface area contributed by atoms with Crippen LogP contribution in [-0.4, -0.2) is 37.8 Å². The molecule has 0 unspecified atom stereocenters. The predicted octanol–water partition coefficient (Wildman–Crippen LogP) is 4.56. The number of benzene rings is 1. The molecule has 1 saturated heterocycles. The minimum atomic E-state index is -0.0622. The van der Waals surface area contributed by atoms with Crippen LogP contribution in [0.3, 0.4) is 0 Å². The summed E-state index contributed by atoms with van der Waals surface area (Å²) in [6, 6.07) is 8.04. The molecule has 0 bridgehead atoms. The monoisotopic (exact) mass is 446 g/mol. The molecular formula is C20H22N4O2S3. The first kappa shape index (κ1) is 21.6. The van der Waals surface area contributed by atoms with Gasteiger partial charge in [-0.15, -0.1) is 10.2 Å². The molecule has 2 amide bonds. The van der Waals surface area contributed by atoms with Gasteiger partial charge in [0.25, 0.3) is 5.91 Å². The Morgan fingerprint density at radius 2 is 1.93 bits per heavy atom. The summed E-state index contributed by atoms with van der Waals surface area (Å²) in [6.45, 7) is 4.45. The highest BCUT2D eigenvalue weighted by Crippen LogP contribution is 2.32. The standard InChI is InChI=1S/C20H22N4O2S3/c1-13-7-9-15(10-8-13)12-16-18(26)24(20(27)29-16)11-5-3-4-6-17(25)21-19-23-22-14(2)28-19/h7-10,12H,3-6,11H2,1-2H3,(H,21,23,25)/b16-12-. The molecule has 9 heteroatoms. The van der Waals surface area contributed by atoms with Gasteiger partial charge in [0.1, 0.15) is 9.33 Å². The lowest BCUT2D eigenvalue weighted by molar-refractivity contribution is -0.122. The van der Waals surface area contributed by atoms with Gasteiger partial charge in [0, 0.05) is 13.0 Å². The Morgan fingerprint density at radius 3 is 2.62 bits per heavy atom. The zero-order chi connectivity index (χ0) is 20.8. The number of anilines is 1. The first-order valence-electron chi connectivity index (χ1n) is 9.34. The maximum Gasteiger partial charge on any atom is 0.266 e. The number of rotatable bonds is 8. The van der Waals surface area contributed by atoms with Crippen LogP contribution in [0.4, 0.5) is 5.13 Å². The number of hydrogen-bond acceptors (Lipinski definition) is 7. The smallest absolute Gasteiger partial charge is 0.266 e. The number of aryl methyl sites for hydroxylation is 2. The Bertz CT molecular complexity index is 937. The second-order valence-corrected chi connectivity index (χ2v) is 9.59. The summed E-state index contributed by atoms with van der Waals surface area (Å²) in [5.41, 5.74) is 2.18. The van der Waals surface area contributed by atoms with E-state index in [9.17, 15) is 9.59 Å². The molecule has 29 heavy (non-hydrogen) atoms. The number of carbonyl (C=O) groups is 2. The zero-order valence-corrected chi connectivity index (χ0v) is 18.8. The summed E-state index contributed by atoms with van der Waals surface area (Å²) in [5, 5.41) is 11.9. The van der Waals surface area contributed by atoms with Crippen LogP contribution in [0.1, 0.15) is 41.8 Å². The Morgan fingerprint density at radius 1 is 1.17 bits per heavy atom. The van der Waals surface area contributed by atoms with E-state index in [1.165, 1.54) is 28.7 Å². The number of thiocarbonyl (C=S) groups is 1. The molecule has 1 aromatic carbocycles. The van der Waals surface area contributed by atoms with Crippen LogP contribution in [-0.2, 0) is 9.59 Å². The molecular weight excluding hydrogens is 424 g/mol. The third-order valence-corrected chi connectivity index (χ3v) is 6.44.